The van der Waals surface area contributed by atoms with Crippen molar-refractivity contribution in [2.75, 3.05) is 73.0 Å². The predicted molar refractivity (Wildman–Crippen MR) is 108 cm³/mol. The van der Waals surface area contributed by atoms with Gasteiger partial charge >= 0.3 is 0 Å². The summed E-state index contributed by atoms with van der Waals surface area (Å²) in [4.78, 5) is 36.6. The Balaban J connectivity index is 1.87. The number of aliphatic imine (C=N–C) groups is 1. The first-order valence-electron chi connectivity index (χ1n) is 9.74. The maximum absolute atomic E-state index is 12.3. The van der Waals surface area contributed by atoms with Gasteiger partial charge in [-0.15, -0.1) is 0 Å². The Bertz CT molecular complexity index is 561. The number of amides is 2. The third kappa shape index (κ3) is 6.86. The van der Waals surface area contributed by atoms with E-state index in [9.17, 15) is 9.59 Å². The normalized spacial score (nSPS) is 18.6. The number of carbonyl (C=O) groups excluding carboxylic acids is 2. The van der Waals surface area contributed by atoms with Crippen molar-refractivity contribution < 1.29 is 9.59 Å². The van der Waals surface area contributed by atoms with Gasteiger partial charge in [0.1, 0.15) is 6.54 Å². The van der Waals surface area contributed by atoms with Gasteiger partial charge in [-0.3, -0.25) is 14.5 Å². The Morgan fingerprint density at radius 2 is 1.67 bits per heavy atom. The summed E-state index contributed by atoms with van der Waals surface area (Å²) in [6.07, 6.45) is 2.25. The molecular formula is C19H34N6O2. The lowest BCUT2D eigenvalue weighted by Gasteiger charge is -2.36. The van der Waals surface area contributed by atoms with Crippen LogP contribution in [0.15, 0.2) is 17.1 Å². The van der Waals surface area contributed by atoms with E-state index in [2.05, 4.69) is 26.7 Å². The van der Waals surface area contributed by atoms with Crippen molar-refractivity contribution in [1.29, 1.82) is 0 Å². The van der Waals surface area contributed by atoms with E-state index in [-0.39, 0.29) is 18.4 Å². The average molecular weight is 379 g/mol. The molecule has 0 aromatic rings. The second-order valence-electron chi connectivity index (χ2n) is 7.59. The molecule has 0 bridgehead atoms. The molecule has 0 unspecified atom stereocenters. The summed E-state index contributed by atoms with van der Waals surface area (Å²) in [6.45, 7) is 12.1. The van der Waals surface area contributed by atoms with Crippen LogP contribution in [0.2, 0.25) is 0 Å². The Hall–Kier alpha value is -2.09. The largest absolute Gasteiger partial charge is 0.353 e. The first-order valence-corrected chi connectivity index (χ1v) is 9.74. The third-order valence-corrected chi connectivity index (χ3v) is 4.90. The van der Waals surface area contributed by atoms with Crippen molar-refractivity contribution in [3.05, 3.63) is 12.2 Å². The number of carbonyl (C=O) groups is 2. The second kappa shape index (κ2) is 10.3. The van der Waals surface area contributed by atoms with Gasteiger partial charge < -0.3 is 20.0 Å². The number of nitrogens with one attached hydrogen (secondary N) is 1. The molecule has 27 heavy (non-hydrogen) atoms. The predicted octanol–water partition coefficient (Wildman–Crippen LogP) is -0.164. The quantitative estimate of drug-likeness (QED) is 0.395. The molecule has 8 nitrogen and oxygen atoms in total. The van der Waals surface area contributed by atoms with Crippen LogP contribution in [-0.4, -0.2) is 110 Å². The highest BCUT2D eigenvalue weighted by Crippen LogP contribution is 2.09. The summed E-state index contributed by atoms with van der Waals surface area (Å²) < 4.78 is 0. The monoisotopic (exact) mass is 378 g/mol. The van der Waals surface area contributed by atoms with E-state index in [1.54, 1.807) is 19.0 Å². The van der Waals surface area contributed by atoms with Gasteiger partial charge in [0, 0.05) is 59.9 Å². The van der Waals surface area contributed by atoms with Gasteiger partial charge in [-0.25, -0.2) is 4.99 Å². The number of hydrogen-bond acceptors (Lipinski definition) is 4. The fraction of sp³-hybridized carbons (Fsp3) is 0.737. The summed E-state index contributed by atoms with van der Waals surface area (Å²) >= 11 is 0. The highest BCUT2D eigenvalue weighted by atomic mass is 16.2. The standard InChI is InChI=1S/C19H34N6O2/c1-16(2)13-20-19(21-14-17(26)22(3)4)25-11-9-23(10-12-25)15-18(27)24-7-5-6-8-24/h1,5-15H2,2-4H3,(H,20,21). The molecule has 2 aliphatic rings. The fourth-order valence-electron chi connectivity index (χ4n) is 3.16. The highest BCUT2D eigenvalue weighted by Gasteiger charge is 2.24. The minimum Gasteiger partial charge on any atom is -0.353 e. The van der Waals surface area contributed by atoms with E-state index in [0.29, 0.717) is 13.1 Å². The number of likely N-dealkylation sites (N-methyl/N-ethyl adjacent to an activating group) is 1. The van der Waals surface area contributed by atoms with E-state index in [1.165, 1.54) is 0 Å². The van der Waals surface area contributed by atoms with Crippen LogP contribution in [0.3, 0.4) is 0 Å². The smallest absolute Gasteiger partial charge is 0.243 e. The van der Waals surface area contributed by atoms with E-state index in [0.717, 1.165) is 63.6 Å². The van der Waals surface area contributed by atoms with Crippen LogP contribution in [-0.2, 0) is 9.59 Å². The first kappa shape index (κ1) is 21.2. The van der Waals surface area contributed by atoms with Crippen molar-refractivity contribution in [3.63, 3.8) is 0 Å². The molecule has 0 saturated carbocycles. The van der Waals surface area contributed by atoms with Crippen LogP contribution in [0.1, 0.15) is 19.8 Å². The topological polar surface area (TPSA) is 71.5 Å². The van der Waals surface area contributed by atoms with E-state index in [4.69, 9.17) is 0 Å². The molecule has 0 aliphatic carbocycles. The van der Waals surface area contributed by atoms with Crippen LogP contribution >= 0.6 is 0 Å². The molecule has 0 aromatic heterocycles. The molecular weight excluding hydrogens is 344 g/mol. The lowest BCUT2D eigenvalue weighted by Crippen LogP contribution is -2.54. The van der Waals surface area contributed by atoms with Gasteiger partial charge in [-0.05, 0) is 19.8 Å². The molecule has 2 rings (SSSR count). The van der Waals surface area contributed by atoms with Gasteiger partial charge in [-0.2, -0.15) is 0 Å². The lowest BCUT2D eigenvalue weighted by atomic mass is 10.3. The summed E-state index contributed by atoms with van der Waals surface area (Å²) in [5.74, 6) is 0.949. The van der Waals surface area contributed by atoms with Gasteiger partial charge in [0.15, 0.2) is 5.96 Å². The Labute approximate surface area is 162 Å². The molecule has 0 radical (unpaired) electrons. The maximum atomic E-state index is 12.3. The Kier molecular flexibility index (Phi) is 8.09. The fourth-order valence-corrected chi connectivity index (χ4v) is 3.16. The van der Waals surface area contributed by atoms with Crippen molar-refractivity contribution in [3.8, 4) is 0 Å². The van der Waals surface area contributed by atoms with Gasteiger partial charge in [-0.1, -0.05) is 12.2 Å². The molecule has 8 heteroatoms. The Morgan fingerprint density at radius 1 is 1.04 bits per heavy atom. The summed E-state index contributed by atoms with van der Waals surface area (Å²) in [5, 5.41) is 3.30. The molecule has 2 fully saturated rings. The average Bonchev–Trinajstić information content (AvgIpc) is 3.17. The zero-order valence-electron chi connectivity index (χ0n) is 17.0. The minimum atomic E-state index is -0.0283. The number of piperazine rings is 1. The van der Waals surface area contributed by atoms with Crippen molar-refractivity contribution in [2.24, 2.45) is 4.99 Å². The number of likely N-dealkylation sites (tertiary alicyclic amines) is 1. The maximum Gasteiger partial charge on any atom is 0.243 e. The number of hydrogen-bond donors (Lipinski definition) is 1. The van der Waals surface area contributed by atoms with Crippen LogP contribution < -0.4 is 5.32 Å². The van der Waals surface area contributed by atoms with E-state index < -0.39 is 0 Å². The highest BCUT2D eigenvalue weighted by molar-refractivity contribution is 5.85. The van der Waals surface area contributed by atoms with E-state index in [1.807, 2.05) is 11.8 Å². The zero-order valence-corrected chi connectivity index (χ0v) is 17.0. The second-order valence-corrected chi connectivity index (χ2v) is 7.59. The molecule has 2 aliphatic heterocycles. The number of nitrogens with zero attached hydrogens (tertiary/aromatic N) is 5. The summed E-state index contributed by atoms with van der Waals surface area (Å²) in [5.41, 5.74) is 1.01. The van der Waals surface area contributed by atoms with Gasteiger partial charge in [0.2, 0.25) is 11.8 Å². The molecule has 152 valence electrons. The molecule has 0 atom stereocenters. The molecule has 1 N–H and O–H groups in total. The lowest BCUT2D eigenvalue weighted by molar-refractivity contribution is -0.131. The molecule has 2 amide bonds. The van der Waals surface area contributed by atoms with Gasteiger partial charge in [0.25, 0.3) is 0 Å². The molecule has 2 heterocycles. The SMILES string of the molecule is C=C(C)CNC(=NCC(=O)N(C)C)N1CCN(CC(=O)N2CCCC2)CC1. The van der Waals surface area contributed by atoms with Crippen LogP contribution in [0.25, 0.3) is 0 Å². The van der Waals surface area contributed by atoms with Crippen molar-refractivity contribution >= 4 is 17.8 Å². The third-order valence-electron chi connectivity index (χ3n) is 4.90. The Morgan fingerprint density at radius 3 is 2.22 bits per heavy atom. The summed E-state index contributed by atoms with van der Waals surface area (Å²) in [7, 11) is 3.46. The number of guanidine groups is 1. The minimum absolute atomic E-state index is 0.0283. The van der Waals surface area contributed by atoms with Crippen LogP contribution in [0.4, 0.5) is 0 Å². The van der Waals surface area contributed by atoms with Crippen LogP contribution in [0, 0.1) is 0 Å². The number of rotatable bonds is 6. The van der Waals surface area contributed by atoms with Gasteiger partial charge in [0.05, 0.1) is 6.54 Å². The molecule has 0 spiro atoms. The zero-order chi connectivity index (χ0) is 19.8. The van der Waals surface area contributed by atoms with E-state index >= 15 is 0 Å². The molecule has 0 aromatic carbocycles. The van der Waals surface area contributed by atoms with Crippen molar-refractivity contribution in [2.45, 2.75) is 19.8 Å². The summed E-state index contributed by atoms with van der Waals surface area (Å²) in [6, 6.07) is 0. The van der Waals surface area contributed by atoms with Crippen LogP contribution in [0.5, 0.6) is 0 Å². The molecule has 2 saturated heterocycles. The first-order chi connectivity index (χ1) is 12.9. The van der Waals surface area contributed by atoms with Crippen molar-refractivity contribution in [1.82, 2.24) is 24.9 Å².